The van der Waals surface area contributed by atoms with E-state index in [9.17, 15) is 0 Å². The van der Waals surface area contributed by atoms with Gasteiger partial charge in [-0.2, -0.15) is 0 Å². The first-order valence-electron chi connectivity index (χ1n) is 10.7. The van der Waals surface area contributed by atoms with Gasteiger partial charge in [0.25, 0.3) is 0 Å². The lowest BCUT2D eigenvalue weighted by Crippen LogP contribution is -1.99. The summed E-state index contributed by atoms with van der Waals surface area (Å²) in [4.78, 5) is 0. The number of nitrogens with zero attached hydrogens (tertiary/aromatic N) is 2. The number of hydrogen-bond donors (Lipinski definition) is 0. The molecule has 0 aliphatic heterocycles. The lowest BCUT2D eigenvalue weighted by molar-refractivity contribution is 0.302. The third kappa shape index (κ3) is 7.25. The quantitative estimate of drug-likeness (QED) is 0.332. The lowest BCUT2D eigenvalue weighted by Gasteiger charge is -2.10. The Morgan fingerprint density at radius 1 is 0.963 bits per heavy atom. The van der Waals surface area contributed by atoms with Crippen molar-refractivity contribution in [2.24, 2.45) is 0 Å². The first-order valence-corrected chi connectivity index (χ1v) is 11.5. The molecule has 0 aliphatic carbocycles. The van der Waals surface area contributed by atoms with Crippen molar-refractivity contribution in [3.8, 4) is 16.3 Å². The Morgan fingerprint density at radius 3 is 2.44 bits per heavy atom. The smallest absolute Gasteiger partial charge is 0.147 e. The molecule has 1 aromatic heterocycles. The molecule has 1 heterocycles. The number of rotatable bonds is 13. The zero-order valence-electron chi connectivity index (χ0n) is 17.6. The van der Waals surface area contributed by atoms with E-state index in [0.29, 0.717) is 5.92 Å². The Balaban J connectivity index is 1.86. The summed E-state index contributed by atoms with van der Waals surface area (Å²) >= 11 is 1.73. The van der Waals surface area contributed by atoms with E-state index in [4.69, 9.17) is 4.74 Å². The molecule has 1 aromatic carbocycles. The molecule has 27 heavy (non-hydrogen) atoms. The van der Waals surface area contributed by atoms with Gasteiger partial charge >= 0.3 is 0 Å². The minimum atomic E-state index is 0.497. The highest BCUT2D eigenvalue weighted by molar-refractivity contribution is 7.14. The van der Waals surface area contributed by atoms with Gasteiger partial charge in [-0.15, -0.1) is 10.2 Å². The van der Waals surface area contributed by atoms with Crippen LogP contribution >= 0.6 is 11.3 Å². The Bertz CT molecular complexity index is 668. The van der Waals surface area contributed by atoms with E-state index in [1.165, 1.54) is 56.9 Å². The number of ether oxygens (including phenoxy) is 1. The van der Waals surface area contributed by atoms with Crippen molar-refractivity contribution in [1.82, 2.24) is 10.2 Å². The standard InChI is InChI=1S/C23H36N2OS/c1-5-7-9-10-11-12-16-26-21-15-14-20(17-19(21)4)23-25-24-22(27-23)18(3)13-8-6-2/h14-15,17-18H,5-13,16H2,1-4H3/t18-/m0/s1. The van der Waals surface area contributed by atoms with Crippen LogP contribution in [0.3, 0.4) is 0 Å². The van der Waals surface area contributed by atoms with Crippen molar-refractivity contribution in [3.63, 3.8) is 0 Å². The predicted octanol–water partition coefficient (Wildman–Crippen LogP) is 7.55. The van der Waals surface area contributed by atoms with Gasteiger partial charge < -0.3 is 4.74 Å². The fourth-order valence-electron chi connectivity index (χ4n) is 3.19. The summed E-state index contributed by atoms with van der Waals surface area (Å²) in [6.45, 7) is 9.67. The van der Waals surface area contributed by atoms with E-state index in [2.05, 4.69) is 56.1 Å². The topological polar surface area (TPSA) is 35.0 Å². The van der Waals surface area contributed by atoms with Crippen LogP contribution in [0, 0.1) is 6.92 Å². The van der Waals surface area contributed by atoms with Crippen LogP contribution in [0.15, 0.2) is 18.2 Å². The van der Waals surface area contributed by atoms with Crippen molar-refractivity contribution in [3.05, 3.63) is 28.8 Å². The van der Waals surface area contributed by atoms with Crippen LogP contribution in [-0.2, 0) is 0 Å². The van der Waals surface area contributed by atoms with Gasteiger partial charge in [0.15, 0.2) is 0 Å². The number of hydrogen-bond acceptors (Lipinski definition) is 4. The zero-order chi connectivity index (χ0) is 19.5. The van der Waals surface area contributed by atoms with Crippen molar-refractivity contribution in [1.29, 1.82) is 0 Å². The summed E-state index contributed by atoms with van der Waals surface area (Å²) in [5.41, 5.74) is 2.32. The predicted molar refractivity (Wildman–Crippen MR) is 117 cm³/mol. The SMILES string of the molecule is CCCCCCCCOc1ccc(-c2nnc([C@@H](C)CCCC)s2)cc1C. The average molecular weight is 389 g/mol. The second-order valence-electron chi connectivity index (χ2n) is 7.59. The fourth-order valence-corrected chi connectivity index (χ4v) is 4.12. The van der Waals surface area contributed by atoms with Gasteiger partial charge in [-0.1, -0.05) is 77.1 Å². The van der Waals surface area contributed by atoms with Crippen molar-refractivity contribution >= 4 is 11.3 Å². The van der Waals surface area contributed by atoms with Gasteiger partial charge in [-0.25, -0.2) is 0 Å². The van der Waals surface area contributed by atoms with E-state index in [-0.39, 0.29) is 0 Å². The summed E-state index contributed by atoms with van der Waals surface area (Å²) in [6, 6.07) is 6.38. The molecule has 0 N–H and O–H groups in total. The zero-order valence-corrected chi connectivity index (χ0v) is 18.4. The van der Waals surface area contributed by atoms with E-state index in [0.717, 1.165) is 34.4 Å². The van der Waals surface area contributed by atoms with Crippen molar-refractivity contribution < 1.29 is 4.74 Å². The highest BCUT2D eigenvalue weighted by Gasteiger charge is 2.13. The van der Waals surface area contributed by atoms with Crippen molar-refractivity contribution in [2.45, 2.75) is 91.4 Å². The third-order valence-electron chi connectivity index (χ3n) is 5.03. The summed E-state index contributed by atoms with van der Waals surface area (Å²) < 4.78 is 5.99. The molecule has 0 bridgehead atoms. The monoisotopic (exact) mass is 388 g/mol. The van der Waals surface area contributed by atoms with Crippen LogP contribution < -0.4 is 4.74 Å². The number of aryl methyl sites for hydroxylation is 1. The molecule has 3 nitrogen and oxygen atoms in total. The molecule has 1 atom stereocenters. The van der Waals surface area contributed by atoms with E-state index < -0.39 is 0 Å². The van der Waals surface area contributed by atoms with Crippen LogP contribution in [0.25, 0.3) is 10.6 Å². The molecule has 0 amide bonds. The first kappa shape index (κ1) is 21.9. The first-order chi connectivity index (χ1) is 13.2. The van der Waals surface area contributed by atoms with Gasteiger partial charge in [0, 0.05) is 11.5 Å². The number of benzene rings is 1. The van der Waals surface area contributed by atoms with E-state index >= 15 is 0 Å². The van der Waals surface area contributed by atoms with Crippen LogP contribution in [-0.4, -0.2) is 16.8 Å². The largest absolute Gasteiger partial charge is 0.493 e. The summed E-state index contributed by atoms with van der Waals surface area (Å²) in [6.07, 6.45) is 11.4. The van der Waals surface area contributed by atoms with Gasteiger partial charge in [0.2, 0.25) is 0 Å². The third-order valence-corrected chi connectivity index (χ3v) is 6.23. The Kier molecular flexibility index (Phi) is 9.82. The van der Waals surface area contributed by atoms with Crippen LogP contribution in [0.1, 0.15) is 95.0 Å². The lowest BCUT2D eigenvalue weighted by atomic mass is 10.1. The second kappa shape index (κ2) is 12.1. The van der Waals surface area contributed by atoms with Crippen LogP contribution in [0.4, 0.5) is 0 Å². The van der Waals surface area contributed by atoms with E-state index in [1.54, 1.807) is 11.3 Å². The molecule has 0 unspecified atom stereocenters. The molecular weight excluding hydrogens is 352 g/mol. The minimum Gasteiger partial charge on any atom is -0.493 e. The highest BCUT2D eigenvalue weighted by atomic mass is 32.1. The Morgan fingerprint density at radius 2 is 1.70 bits per heavy atom. The van der Waals surface area contributed by atoms with Gasteiger partial charge in [0.1, 0.15) is 15.8 Å². The normalized spacial score (nSPS) is 12.3. The molecular formula is C23H36N2OS. The molecule has 4 heteroatoms. The minimum absolute atomic E-state index is 0.497. The van der Waals surface area contributed by atoms with Gasteiger partial charge in [-0.3, -0.25) is 0 Å². The molecule has 0 spiro atoms. The Labute approximate surface area is 169 Å². The maximum absolute atomic E-state index is 5.99. The molecule has 0 fully saturated rings. The summed E-state index contributed by atoms with van der Waals surface area (Å²) in [5.74, 6) is 1.49. The van der Waals surface area contributed by atoms with E-state index in [1.807, 2.05) is 0 Å². The summed E-state index contributed by atoms with van der Waals surface area (Å²) in [7, 11) is 0. The Hall–Kier alpha value is -1.42. The maximum Gasteiger partial charge on any atom is 0.147 e. The second-order valence-corrected chi connectivity index (χ2v) is 8.59. The fraction of sp³-hybridized carbons (Fsp3) is 0.652. The van der Waals surface area contributed by atoms with Gasteiger partial charge in [-0.05, 0) is 43.5 Å². The molecule has 150 valence electrons. The molecule has 2 rings (SSSR count). The summed E-state index contributed by atoms with van der Waals surface area (Å²) in [5, 5.41) is 11.0. The molecule has 2 aromatic rings. The molecule has 0 saturated heterocycles. The molecule has 0 saturated carbocycles. The van der Waals surface area contributed by atoms with Crippen molar-refractivity contribution in [2.75, 3.05) is 6.61 Å². The highest BCUT2D eigenvalue weighted by Crippen LogP contribution is 2.32. The number of aromatic nitrogens is 2. The maximum atomic E-state index is 5.99. The van der Waals surface area contributed by atoms with Crippen LogP contribution in [0.5, 0.6) is 5.75 Å². The number of unbranched alkanes of at least 4 members (excludes halogenated alkanes) is 6. The van der Waals surface area contributed by atoms with Crippen LogP contribution in [0.2, 0.25) is 0 Å². The molecule has 0 aliphatic rings. The van der Waals surface area contributed by atoms with Gasteiger partial charge in [0.05, 0.1) is 6.61 Å². The average Bonchev–Trinajstić information content (AvgIpc) is 3.16. The molecule has 0 radical (unpaired) electrons.